The van der Waals surface area contributed by atoms with Crippen LogP contribution in [0.3, 0.4) is 0 Å². The molecule has 0 fully saturated rings. The van der Waals surface area contributed by atoms with Crippen LogP contribution in [0.4, 0.5) is 0 Å². The summed E-state index contributed by atoms with van der Waals surface area (Å²) in [7, 11) is 2.12. The average molecular weight is 623 g/mol. The van der Waals surface area contributed by atoms with E-state index in [9.17, 15) is 9.59 Å². The van der Waals surface area contributed by atoms with E-state index in [0.717, 1.165) is 43.2 Å². The van der Waals surface area contributed by atoms with Gasteiger partial charge in [0.25, 0.3) is 0 Å². The maximum atomic E-state index is 11.7. The summed E-state index contributed by atoms with van der Waals surface area (Å²) >= 11 is 12.9. The number of hydrogen-bond acceptors (Lipinski definition) is 7. The third kappa shape index (κ3) is 12.3. The number of ether oxygens (including phenoxy) is 3. The van der Waals surface area contributed by atoms with Gasteiger partial charge in [0.15, 0.2) is 0 Å². The van der Waals surface area contributed by atoms with Crippen molar-refractivity contribution >= 4 is 34.9 Å². The first kappa shape index (κ1) is 34.5. The molecule has 3 rings (SSSR count). The highest BCUT2D eigenvalue weighted by Crippen LogP contribution is 2.38. The number of ketones is 1. The van der Waals surface area contributed by atoms with Crippen molar-refractivity contribution < 1.29 is 23.8 Å². The molecule has 0 aliphatic carbocycles. The van der Waals surface area contributed by atoms with Crippen LogP contribution in [0.1, 0.15) is 60.8 Å². The van der Waals surface area contributed by atoms with Crippen LogP contribution in [0.5, 0.6) is 0 Å². The lowest BCUT2D eigenvalue weighted by Crippen LogP contribution is -2.31. The molecule has 1 unspecified atom stereocenters. The minimum Gasteiger partial charge on any atom is -0.378 e. The lowest BCUT2D eigenvalue weighted by molar-refractivity contribution is -0.125. The first-order valence-corrected chi connectivity index (χ1v) is 15.6. The van der Waals surface area contributed by atoms with Crippen LogP contribution in [0.25, 0.3) is 0 Å². The summed E-state index contributed by atoms with van der Waals surface area (Å²) in [6.45, 7) is 8.58. The van der Waals surface area contributed by atoms with E-state index in [1.54, 1.807) is 0 Å². The van der Waals surface area contributed by atoms with Gasteiger partial charge >= 0.3 is 0 Å². The van der Waals surface area contributed by atoms with Crippen LogP contribution in [0, 0.1) is 0 Å². The van der Waals surface area contributed by atoms with Gasteiger partial charge in [0.1, 0.15) is 5.78 Å². The van der Waals surface area contributed by atoms with E-state index in [4.69, 9.17) is 37.4 Å². The van der Waals surface area contributed by atoms with Gasteiger partial charge in [-0.05, 0) is 47.9 Å². The second-order valence-corrected chi connectivity index (χ2v) is 11.4. The normalized spacial score (nSPS) is 15.0. The first-order valence-electron chi connectivity index (χ1n) is 14.8. The Labute approximate surface area is 260 Å². The maximum absolute atomic E-state index is 11.7. The average Bonchev–Trinajstić information content (AvgIpc) is 2.96. The predicted molar refractivity (Wildman–Crippen MR) is 167 cm³/mol. The summed E-state index contributed by atoms with van der Waals surface area (Å²) < 4.78 is 16.6. The molecule has 2 aromatic carbocycles. The fourth-order valence-electron chi connectivity index (χ4n) is 4.98. The van der Waals surface area contributed by atoms with E-state index in [1.807, 2.05) is 13.0 Å². The van der Waals surface area contributed by atoms with Crippen molar-refractivity contribution in [1.29, 1.82) is 0 Å². The number of carbonyl (C=O) groups excluding carboxylic acids is 2. The van der Waals surface area contributed by atoms with Gasteiger partial charge in [0.2, 0.25) is 5.91 Å². The molecule has 1 amide bonds. The van der Waals surface area contributed by atoms with Crippen LogP contribution in [0.2, 0.25) is 10.0 Å². The van der Waals surface area contributed by atoms with Crippen molar-refractivity contribution in [1.82, 2.24) is 15.5 Å². The highest BCUT2D eigenvalue weighted by Gasteiger charge is 2.27. The smallest absolute Gasteiger partial charge is 0.220 e. The molecular formula is C32H45Cl2N3O5. The van der Waals surface area contributed by atoms with E-state index in [-0.39, 0.29) is 24.0 Å². The van der Waals surface area contributed by atoms with E-state index >= 15 is 0 Å². The molecule has 2 aromatic rings. The molecule has 2 N–H and O–H groups in total. The minimum atomic E-state index is -0.116. The highest BCUT2D eigenvalue weighted by atomic mass is 35.5. The zero-order chi connectivity index (χ0) is 30.2. The maximum Gasteiger partial charge on any atom is 0.220 e. The van der Waals surface area contributed by atoms with Crippen LogP contribution in [-0.2, 0) is 36.9 Å². The van der Waals surface area contributed by atoms with Gasteiger partial charge in [-0.1, -0.05) is 54.4 Å². The van der Waals surface area contributed by atoms with Crippen LogP contribution < -0.4 is 10.6 Å². The molecule has 0 saturated carbocycles. The molecule has 42 heavy (non-hydrogen) atoms. The van der Waals surface area contributed by atoms with Crippen molar-refractivity contribution in [2.24, 2.45) is 0 Å². The summed E-state index contributed by atoms with van der Waals surface area (Å²) in [6.07, 6.45) is 1.90. The quantitative estimate of drug-likeness (QED) is 0.202. The van der Waals surface area contributed by atoms with E-state index < -0.39 is 0 Å². The summed E-state index contributed by atoms with van der Waals surface area (Å²) in [5.74, 6) is 0.243. The van der Waals surface area contributed by atoms with Crippen molar-refractivity contribution in [3.05, 3.63) is 68.7 Å². The number of nitrogens with zero attached hydrogens (tertiary/aromatic N) is 1. The Morgan fingerprint density at radius 3 is 2.38 bits per heavy atom. The molecule has 1 aliphatic heterocycles. The molecule has 8 nitrogen and oxygen atoms in total. The molecule has 1 aliphatic rings. The number of carbonyl (C=O) groups is 2. The van der Waals surface area contributed by atoms with Gasteiger partial charge < -0.3 is 29.7 Å². The Bertz CT molecular complexity index is 1130. The number of hydrogen-bond donors (Lipinski definition) is 2. The topological polar surface area (TPSA) is 89.1 Å². The van der Waals surface area contributed by atoms with E-state index in [1.165, 1.54) is 16.7 Å². The van der Waals surface area contributed by atoms with Crippen molar-refractivity contribution in [3.8, 4) is 0 Å². The molecule has 0 aromatic heterocycles. The fraction of sp³-hybridized carbons (Fsp3) is 0.562. The minimum absolute atomic E-state index is 0.116. The van der Waals surface area contributed by atoms with E-state index in [2.05, 4.69) is 52.9 Å². The van der Waals surface area contributed by atoms with Crippen LogP contribution >= 0.6 is 23.2 Å². The van der Waals surface area contributed by atoms with Gasteiger partial charge in [-0.2, -0.15) is 0 Å². The Balaban J connectivity index is 1.21. The zero-order valence-corrected chi connectivity index (χ0v) is 26.4. The number of nitrogens with one attached hydrogen (secondary N) is 2. The zero-order valence-electron chi connectivity index (χ0n) is 24.9. The summed E-state index contributed by atoms with van der Waals surface area (Å²) in [4.78, 5) is 25.5. The number of Topliss-reactive ketones (excluding diaryl/α,β-unsaturated/α-hetero) is 1. The number of rotatable bonds is 20. The Kier molecular flexibility index (Phi) is 15.8. The Morgan fingerprint density at radius 2 is 1.64 bits per heavy atom. The molecule has 232 valence electrons. The molecule has 1 atom stereocenters. The molecule has 0 saturated heterocycles. The van der Waals surface area contributed by atoms with E-state index in [0.29, 0.717) is 64.1 Å². The van der Waals surface area contributed by atoms with Crippen molar-refractivity contribution in [2.45, 2.75) is 51.6 Å². The molecule has 0 radical (unpaired) electrons. The standard InChI is InChI=1S/C32H45Cl2N3O5/c1-3-5-27(38)8-9-32(39)36-11-13-41-15-17-42-16-14-40-12-10-35-21-24-6-4-7-25(18-24)29-22-37(2)23-30-28(29)19-26(33)20-31(30)34/h4,6-7,18-20,29,35H,3,5,8-17,21-23H2,1-2H3,(H,36,39). The monoisotopic (exact) mass is 621 g/mol. The first-order chi connectivity index (χ1) is 20.4. The summed E-state index contributed by atoms with van der Waals surface area (Å²) in [5, 5.41) is 7.62. The highest BCUT2D eigenvalue weighted by molar-refractivity contribution is 6.35. The molecular weight excluding hydrogens is 577 g/mol. The predicted octanol–water partition coefficient (Wildman–Crippen LogP) is 4.98. The largest absolute Gasteiger partial charge is 0.378 e. The van der Waals surface area contributed by atoms with Gasteiger partial charge in [-0.25, -0.2) is 0 Å². The van der Waals surface area contributed by atoms with Gasteiger partial charge in [0, 0.05) is 67.9 Å². The van der Waals surface area contributed by atoms with Crippen molar-refractivity contribution in [2.75, 3.05) is 66.3 Å². The molecule has 1 heterocycles. The number of fused-ring (bicyclic) bond motifs is 1. The van der Waals surface area contributed by atoms with Gasteiger partial charge in [-0.15, -0.1) is 0 Å². The lowest BCUT2D eigenvalue weighted by atomic mass is 9.84. The molecule has 0 bridgehead atoms. The second-order valence-electron chi connectivity index (χ2n) is 10.6. The number of benzene rings is 2. The van der Waals surface area contributed by atoms with Crippen LogP contribution in [-0.4, -0.2) is 82.9 Å². The second kappa shape index (κ2) is 19.3. The Morgan fingerprint density at radius 1 is 0.929 bits per heavy atom. The number of halogens is 2. The fourth-order valence-corrected chi connectivity index (χ4v) is 5.55. The number of amides is 1. The lowest BCUT2D eigenvalue weighted by Gasteiger charge is -2.33. The molecule has 10 heteroatoms. The van der Waals surface area contributed by atoms with Gasteiger partial charge in [-0.3, -0.25) is 9.59 Å². The third-order valence-corrected chi connectivity index (χ3v) is 7.63. The Hall–Kier alpha value is -2.04. The van der Waals surface area contributed by atoms with Gasteiger partial charge in [0.05, 0.1) is 39.6 Å². The number of likely N-dealkylation sites (N-methyl/N-ethyl adjacent to an activating group) is 1. The van der Waals surface area contributed by atoms with Crippen molar-refractivity contribution in [3.63, 3.8) is 0 Å². The van der Waals surface area contributed by atoms with Crippen LogP contribution in [0.15, 0.2) is 36.4 Å². The SMILES string of the molecule is CCCC(=O)CCC(=O)NCCOCCOCCOCCNCc1cccc(C2CN(C)Cc3c(Cl)cc(Cl)cc32)c1. The molecule has 0 spiro atoms. The summed E-state index contributed by atoms with van der Waals surface area (Å²) in [6, 6.07) is 12.6. The third-order valence-electron chi connectivity index (χ3n) is 7.07. The summed E-state index contributed by atoms with van der Waals surface area (Å²) in [5.41, 5.74) is 4.86.